The van der Waals surface area contributed by atoms with E-state index in [-0.39, 0.29) is 24.9 Å². The molecule has 1 fully saturated rings. The summed E-state index contributed by atoms with van der Waals surface area (Å²) in [7, 11) is 0. The second kappa shape index (κ2) is 4.94. The summed E-state index contributed by atoms with van der Waals surface area (Å²) in [4.78, 5) is 26.0. The zero-order valence-corrected chi connectivity index (χ0v) is 9.24. The summed E-state index contributed by atoms with van der Waals surface area (Å²) in [6.45, 7) is 0.0723. The highest BCUT2D eigenvalue weighted by molar-refractivity contribution is 5.77. The third-order valence-electron chi connectivity index (χ3n) is 2.70. The molecule has 1 atom stereocenters. The van der Waals surface area contributed by atoms with Crippen molar-refractivity contribution in [1.29, 1.82) is 0 Å². The number of hydrogen-bond donors (Lipinski definition) is 2. The summed E-state index contributed by atoms with van der Waals surface area (Å²) >= 11 is 0. The highest BCUT2D eigenvalue weighted by atomic mass is 16.4. The van der Waals surface area contributed by atoms with Crippen molar-refractivity contribution < 1.29 is 14.7 Å². The maximum Gasteiger partial charge on any atom is 0.305 e. The molecular formula is C10H14N4O3. The van der Waals surface area contributed by atoms with Crippen molar-refractivity contribution in [2.45, 2.75) is 31.8 Å². The van der Waals surface area contributed by atoms with Gasteiger partial charge in [0.05, 0.1) is 6.42 Å². The first kappa shape index (κ1) is 11.6. The molecule has 0 bridgehead atoms. The molecule has 1 aromatic rings. The van der Waals surface area contributed by atoms with Crippen LogP contribution < -0.4 is 5.32 Å². The number of aliphatic carboxylic acids is 1. The topological polar surface area (TPSA) is 97.1 Å². The summed E-state index contributed by atoms with van der Waals surface area (Å²) in [5, 5.41) is 15.3. The van der Waals surface area contributed by atoms with E-state index in [9.17, 15) is 9.59 Å². The van der Waals surface area contributed by atoms with Gasteiger partial charge >= 0.3 is 5.97 Å². The van der Waals surface area contributed by atoms with Gasteiger partial charge in [-0.05, 0) is 18.8 Å². The molecule has 2 rings (SSSR count). The number of nitrogens with zero attached hydrogens (tertiary/aromatic N) is 3. The molecule has 0 spiro atoms. The molecule has 1 saturated carbocycles. The van der Waals surface area contributed by atoms with Crippen LogP contribution in [0.4, 0.5) is 0 Å². The van der Waals surface area contributed by atoms with Crippen molar-refractivity contribution >= 4 is 11.9 Å². The Morgan fingerprint density at radius 3 is 2.82 bits per heavy atom. The normalized spacial score (nSPS) is 16.5. The van der Waals surface area contributed by atoms with Gasteiger partial charge < -0.3 is 10.4 Å². The number of nitrogens with one attached hydrogen (secondary N) is 1. The molecule has 1 aromatic heterocycles. The van der Waals surface area contributed by atoms with Crippen LogP contribution in [-0.4, -0.2) is 37.8 Å². The molecule has 1 heterocycles. The predicted octanol–water partition coefficient (Wildman–Crippen LogP) is -0.352. The van der Waals surface area contributed by atoms with Gasteiger partial charge in [0.15, 0.2) is 0 Å². The van der Waals surface area contributed by atoms with Crippen LogP contribution in [-0.2, 0) is 16.1 Å². The molecule has 92 valence electrons. The van der Waals surface area contributed by atoms with Crippen LogP contribution in [0.2, 0.25) is 0 Å². The van der Waals surface area contributed by atoms with Gasteiger partial charge in [-0.15, -0.1) is 0 Å². The van der Waals surface area contributed by atoms with Crippen LogP contribution in [0.5, 0.6) is 0 Å². The molecule has 1 amide bonds. The lowest BCUT2D eigenvalue weighted by Crippen LogP contribution is -2.39. The maximum atomic E-state index is 11.6. The lowest BCUT2D eigenvalue weighted by Gasteiger charge is -2.15. The average Bonchev–Trinajstić information content (AvgIpc) is 2.97. The van der Waals surface area contributed by atoms with Gasteiger partial charge in [0, 0.05) is 6.04 Å². The number of aromatic nitrogens is 3. The number of carbonyl (C=O) groups is 2. The van der Waals surface area contributed by atoms with Crippen molar-refractivity contribution in [2.24, 2.45) is 5.92 Å². The van der Waals surface area contributed by atoms with E-state index in [4.69, 9.17) is 5.11 Å². The molecule has 1 unspecified atom stereocenters. The Morgan fingerprint density at radius 1 is 1.53 bits per heavy atom. The Kier molecular flexibility index (Phi) is 3.36. The fraction of sp³-hybridized carbons (Fsp3) is 0.600. The molecule has 17 heavy (non-hydrogen) atoms. The second-order valence-corrected chi connectivity index (χ2v) is 4.20. The smallest absolute Gasteiger partial charge is 0.305 e. The first-order chi connectivity index (χ1) is 8.15. The van der Waals surface area contributed by atoms with Crippen molar-refractivity contribution in [2.75, 3.05) is 0 Å². The minimum absolute atomic E-state index is 0.0201. The van der Waals surface area contributed by atoms with Gasteiger partial charge in [-0.2, -0.15) is 5.10 Å². The fourth-order valence-electron chi connectivity index (χ4n) is 1.74. The van der Waals surface area contributed by atoms with Crippen molar-refractivity contribution in [3.8, 4) is 0 Å². The van der Waals surface area contributed by atoms with E-state index < -0.39 is 5.97 Å². The fourth-order valence-corrected chi connectivity index (χ4v) is 1.74. The van der Waals surface area contributed by atoms with E-state index in [1.165, 1.54) is 17.3 Å². The van der Waals surface area contributed by atoms with Gasteiger partial charge in [0.1, 0.15) is 19.2 Å². The average molecular weight is 238 g/mol. The molecule has 0 saturated heterocycles. The Hall–Kier alpha value is -1.92. The van der Waals surface area contributed by atoms with Gasteiger partial charge in [-0.1, -0.05) is 0 Å². The number of carboxylic acids is 1. The van der Waals surface area contributed by atoms with Crippen molar-refractivity contribution in [3.63, 3.8) is 0 Å². The number of carboxylic acid groups (broad SMARTS) is 1. The summed E-state index contributed by atoms with van der Waals surface area (Å²) in [6, 6.07) is -0.261. The van der Waals surface area contributed by atoms with Gasteiger partial charge in [-0.3, -0.25) is 9.59 Å². The Bertz CT molecular complexity index is 400. The summed E-state index contributed by atoms with van der Waals surface area (Å²) in [5.41, 5.74) is 0. The molecule has 7 heteroatoms. The molecule has 0 radical (unpaired) electrons. The highest BCUT2D eigenvalue weighted by Gasteiger charge is 2.33. The molecular weight excluding hydrogens is 224 g/mol. The monoisotopic (exact) mass is 238 g/mol. The second-order valence-electron chi connectivity index (χ2n) is 4.20. The Balaban J connectivity index is 1.84. The van der Waals surface area contributed by atoms with E-state index in [2.05, 4.69) is 15.4 Å². The minimum atomic E-state index is -0.886. The Labute approximate surface area is 97.8 Å². The van der Waals surface area contributed by atoms with E-state index in [0.717, 1.165) is 12.8 Å². The maximum absolute atomic E-state index is 11.6. The molecule has 7 nitrogen and oxygen atoms in total. The molecule has 1 aliphatic rings. The summed E-state index contributed by atoms with van der Waals surface area (Å²) in [5.74, 6) is -0.803. The van der Waals surface area contributed by atoms with Crippen molar-refractivity contribution in [1.82, 2.24) is 20.1 Å². The lowest BCUT2D eigenvalue weighted by atomic mass is 10.1. The lowest BCUT2D eigenvalue weighted by molar-refractivity contribution is -0.137. The van der Waals surface area contributed by atoms with E-state index in [1.54, 1.807) is 0 Å². The van der Waals surface area contributed by atoms with Crippen LogP contribution in [0, 0.1) is 5.92 Å². The standard InChI is InChI=1S/C10H14N4O3/c15-9(4-14-6-11-5-12-14)13-8(3-10(16)17)7-1-2-7/h5-8H,1-4H2,(H,13,15)(H,16,17). The summed E-state index contributed by atoms with van der Waals surface area (Å²) in [6.07, 6.45) is 4.75. The van der Waals surface area contributed by atoms with Crippen LogP contribution in [0.15, 0.2) is 12.7 Å². The quantitative estimate of drug-likeness (QED) is 0.705. The van der Waals surface area contributed by atoms with E-state index in [1.807, 2.05) is 0 Å². The first-order valence-corrected chi connectivity index (χ1v) is 5.48. The van der Waals surface area contributed by atoms with Crippen LogP contribution in [0.3, 0.4) is 0 Å². The number of carbonyl (C=O) groups excluding carboxylic acids is 1. The zero-order chi connectivity index (χ0) is 12.3. The summed E-state index contributed by atoms with van der Waals surface area (Å²) < 4.78 is 1.40. The van der Waals surface area contributed by atoms with Crippen molar-refractivity contribution in [3.05, 3.63) is 12.7 Å². The number of hydrogen-bond acceptors (Lipinski definition) is 4. The molecule has 1 aliphatic carbocycles. The molecule has 0 aliphatic heterocycles. The zero-order valence-electron chi connectivity index (χ0n) is 9.24. The predicted molar refractivity (Wildman–Crippen MR) is 56.9 cm³/mol. The van der Waals surface area contributed by atoms with Gasteiger partial charge in [-0.25, -0.2) is 9.67 Å². The van der Waals surface area contributed by atoms with Crippen LogP contribution in [0.25, 0.3) is 0 Å². The third kappa shape index (κ3) is 3.54. The molecule has 2 N–H and O–H groups in total. The van der Waals surface area contributed by atoms with Gasteiger partial charge in [0.25, 0.3) is 0 Å². The number of amides is 1. The largest absolute Gasteiger partial charge is 0.481 e. The first-order valence-electron chi connectivity index (χ1n) is 5.48. The highest BCUT2D eigenvalue weighted by Crippen LogP contribution is 2.33. The number of rotatable bonds is 6. The van der Waals surface area contributed by atoms with Crippen LogP contribution in [0.1, 0.15) is 19.3 Å². The Morgan fingerprint density at radius 2 is 2.29 bits per heavy atom. The minimum Gasteiger partial charge on any atom is -0.481 e. The SMILES string of the molecule is O=C(O)CC(NC(=O)Cn1cncn1)C1CC1. The molecule has 0 aromatic carbocycles. The van der Waals surface area contributed by atoms with E-state index >= 15 is 0 Å². The van der Waals surface area contributed by atoms with Crippen LogP contribution >= 0.6 is 0 Å². The van der Waals surface area contributed by atoms with E-state index in [0.29, 0.717) is 5.92 Å². The van der Waals surface area contributed by atoms with Gasteiger partial charge in [0.2, 0.25) is 5.91 Å². The third-order valence-corrected chi connectivity index (χ3v) is 2.70.